The van der Waals surface area contributed by atoms with Gasteiger partial charge in [0.1, 0.15) is 29.1 Å². The monoisotopic (exact) mass is 586 g/mol. The van der Waals surface area contributed by atoms with Crippen LogP contribution >= 0.6 is 0 Å². The molecule has 0 atom stereocenters. The lowest BCUT2D eigenvalue weighted by molar-refractivity contribution is 0.0502. The maximum atomic E-state index is 13.4. The third-order valence-electron chi connectivity index (χ3n) is 7.09. The number of benzene rings is 4. The number of aromatic hydroxyl groups is 1. The number of halogens is 2. The molecule has 4 aromatic rings. The molecule has 8 heteroatoms. The van der Waals surface area contributed by atoms with Gasteiger partial charge in [0.15, 0.2) is 0 Å². The highest BCUT2D eigenvalue weighted by atomic mass is 19.1. The average Bonchev–Trinajstić information content (AvgIpc) is 3.02. The molecule has 1 aliphatic rings. The molecule has 0 radical (unpaired) electrons. The predicted molar refractivity (Wildman–Crippen MR) is 163 cm³/mol. The van der Waals surface area contributed by atoms with Crippen LogP contribution in [0.3, 0.4) is 0 Å². The first-order valence-corrected chi connectivity index (χ1v) is 14.2. The Balaban J connectivity index is 0.000000359. The molecular weight excluding hydrogens is 550 g/mol. The van der Waals surface area contributed by atoms with Gasteiger partial charge in [0.2, 0.25) is 0 Å². The summed E-state index contributed by atoms with van der Waals surface area (Å²) in [6.45, 7) is 5.31. The number of allylic oxidation sites excluding steroid dienone is 1. The fraction of sp³-hybridized carbons (Fsp3) is 0.229. The minimum absolute atomic E-state index is 0.0671. The van der Waals surface area contributed by atoms with Crippen LogP contribution in [0.25, 0.3) is 0 Å². The maximum Gasteiger partial charge on any atom is 0.339 e. The van der Waals surface area contributed by atoms with Gasteiger partial charge in [0, 0.05) is 32.7 Å². The van der Waals surface area contributed by atoms with Crippen molar-refractivity contribution in [2.75, 3.05) is 39.3 Å². The van der Waals surface area contributed by atoms with Crippen molar-refractivity contribution in [2.45, 2.75) is 12.5 Å². The number of aromatic carboxylic acids is 1. The van der Waals surface area contributed by atoms with Crippen LogP contribution in [0.15, 0.2) is 115 Å². The van der Waals surface area contributed by atoms with Crippen LogP contribution in [0.5, 0.6) is 5.75 Å². The van der Waals surface area contributed by atoms with Crippen molar-refractivity contribution in [1.29, 1.82) is 0 Å². The molecule has 0 aliphatic carbocycles. The molecule has 1 fully saturated rings. The molecular formula is C35H36F2N2O4. The van der Waals surface area contributed by atoms with E-state index in [-0.39, 0.29) is 29.1 Å². The average molecular weight is 587 g/mol. The quantitative estimate of drug-likeness (QED) is 0.220. The van der Waals surface area contributed by atoms with Crippen molar-refractivity contribution in [3.63, 3.8) is 0 Å². The van der Waals surface area contributed by atoms with Gasteiger partial charge in [-0.15, -0.1) is 0 Å². The van der Waals surface area contributed by atoms with Crippen LogP contribution in [0.1, 0.15) is 33.2 Å². The number of para-hydroxylation sites is 1. The van der Waals surface area contributed by atoms with Crippen LogP contribution < -0.4 is 0 Å². The number of carboxylic acid groups (broad SMARTS) is 1. The van der Waals surface area contributed by atoms with E-state index < -0.39 is 5.97 Å². The number of ether oxygens (including phenoxy) is 1. The topological polar surface area (TPSA) is 73.2 Å². The third-order valence-corrected chi connectivity index (χ3v) is 7.09. The lowest BCUT2D eigenvalue weighted by Crippen LogP contribution is -2.45. The van der Waals surface area contributed by atoms with Gasteiger partial charge in [0.05, 0.1) is 6.61 Å². The van der Waals surface area contributed by atoms with Crippen molar-refractivity contribution in [3.05, 3.63) is 149 Å². The molecule has 2 N–H and O–H groups in total. The Kier molecular flexibility index (Phi) is 11.8. The van der Waals surface area contributed by atoms with E-state index in [1.807, 2.05) is 6.07 Å². The zero-order valence-corrected chi connectivity index (χ0v) is 23.9. The molecule has 0 bridgehead atoms. The number of carbonyl (C=O) groups is 1. The third kappa shape index (κ3) is 10.1. The van der Waals surface area contributed by atoms with E-state index >= 15 is 0 Å². The second-order valence-corrected chi connectivity index (χ2v) is 10.1. The molecule has 6 nitrogen and oxygen atoms in total. The van der Waals surface area contributed by atoms with Gasteiger partial charge in [-0.05, 0) is 65.7 Å². The Bertz CT molecular complexity index is 1390. The largest absolute Gasteiger partial charge is 0.507 e. The molecule has 0 aromatic heterocycles. The van der Waals surface area contributed by atoms with Crippen molar-refractivity contribution in [3.8, 4) is 5.75 Å². The molecule has 224 valence electrons. The molecule has 4 aromatic carbocycles. The van der Waals surface area contributed by atoms with Crippen LogP contribution in [-0.4, -0.2) is 65.3 Å². The van der Waals surface area contributed by atoms with Gasteiger partial charge in [0.25, 0.3) is 0 Å². The molecule has 43 heavy (non-hydrogen) atoms. The van der Waals surface area contributed by atoms with Crippen molar-refractivity contribution in [2.24, 2.45) is 0 Å². The van der Waals surface area contributed by atoms with Gasteiger partial charge in [-0.25, -0.2) is 13.6 Å². The number of hydrogen-bond donors (Lipinski definition) is 2. The van der Waals surface area contributed by atoms with Gasteiger partial charge >= 0.3 is 5.97 Å². The highest BCUT2D eigenvalue weighted by molar-refractivity contribution is 5.90. The number of nitrogens with zero attached hydrogens (tertiary/aromatic N) is 2. The Labute approximate surface area is 251 Å². The maximum absolute atomic E-state index is 13.4. The lowest BCUT2D eigenvalue weighted by Gasteiger charge is -2.34. The second kappa shape index (κ2) is 16.2. The zero-order valence-electron chi connectivity index (χ0n) is 23.9. The van der Waals surface area contributed by atoms with Crippen LogP contribution in [0, 0.1) is 11.6 Å². The zero-order chi connectivity index (χ0) is 30.4. The van der Waals surface area contributed by atoms with E-state index in [1.165, 1.54) is 42.0 Å². The van der Waals surface area contributed by atoms with Crippen LogP contribution in [-0.2, 0) is 11.2 Å². The van der Waals surface area contributed by atoms with Crippen LogP contribution in [0.2, 0.25) is 0 Å². The molecule has 1 aliphatic heterocycles. The van der Waals surface area contributed by atoms with Gasteiger partial charge < -0.3 is 19.8 Å². The van der Waals surface area contributed by atoms with E-state index in [1.54, 1.807) is 36.4 Å². The first-order chi connectivity index (χ1) is 20.9. The first kappa shape index (κ1) is 31.4. The van der Waals surface area contributed by atoms with Gasteiger partial charge in [-0.3, -0.25) is 4.90 Å². The highest BCUT2D eigenvalue weighted by Gasteiger charge is 2.18. The number of hydrogen-bond acceptors (Lipinski definition) is 5. The summed E-state index contributed by atoms with van der Waals surface area (Å²) in [5, 5.41) is 17.3. The van der Waals surface area contributed by atoms with E-state index in [4.69, 9.17) is 14.9 Å². The number of carboxylic acids is 1. The summed E-state index contributed by atoms with van der Waals surface area (Å²) >= 11 is 0. The van der Waals surface area contributed by atoms with Crippen molar-refractivity contribution < 1.29 is 28.5 Å². The van der Waals surface area contributed by atoms with Crippen molar-refractivity contribution in [1.82, 2.24) is 9.80 Å². The molecule has 0 saturated carbocycles. The molecule has 0 amide bonds. The first-order valence-electron chi connectivity index (χ1n) is 14.2. The Morgan fingerprint density at radius 3 is 1.88 bits per heavy atom. The summed E-state index contributed by atoms with van der Waals surface area (Å²) in [5.41, 5.74) is 2.97. The minimum Gasteiger partial charge on any atom is -0.507 e. The van der Waals surface area contributed by atoms with Crippen molar-refractivity contribution >= 4 is 5.97 Å². The lowest BCUT2D eigenvalue weighted by atomic mass is 10.0. The smallest absolute Gasteiger partial charge is 0.339 e. The summed E-state index contributed by atoms with van der Waals surface area (Å²) in [4.78, 5) is 15.0. The summed E-state index contributed by atoms with van der Waals surface area (Å²) in [5.74, 6) is -1.88. The van der Waals surface area contributed by atoms with E-state index in [0.717, 1.165) is 50.3 Å². The van der Waals surface area contributed by atoms with E-state index in [2.05, 4.69) is 46.3 Å². The SMILES string of the molecule is Fc1ccc(C(OCCN2CCN(/C=C/Cc3ccccc3)CC2)c2ccc(F)cc2)cc1.O=C(O)c1ccccc1O. The second-order valence-electron chi connectivity index (χ2n) is 10.1. The Morgan fingerprint density at radius 2 is 1.35 bits per heavy atom. The van der Waals surface area contributed by atoms with Crippen LogP contribution in [0.4, 0.5) is 8.78 Å². The summed E-state index contributed by atoms with van der Waals surface area (Å²) in [6.07, 6.45) is 5.03. The molecule has 0 spiro atoms. The van der Waals surface area contributed by atoms with Gasteiger partial charge in [-0.2, -0.15) is 0 Å². The van der Waals surface area contributed by atoms with E-state index in [9.17, 15) is 13.6 Å². The Morgan fingerprint density at radius 1 is 0.791 bits per heavy atom. The van der Waals surface area contributed by atoms with Gasteiger partial charge in [-0.1, -0.05) is 72.8 Å². The number of rotatable bonds is 10. The number of piperazine rings is 1. The summed E-state index contributed by atoms with van der Waals surface area (Å²) in [7, 11) is 0. The molecule has 1 heterocycles. The predicted octanol–water partition coefficient (Wildman–Crippen LogP) is 6.54. The Hall–Kier alpha value is -4.53. The summed E-state index contributed by atoms with van der Waals surface area (Å²) < 4.78 is 33.0. The minimum atomic E-state index is -1.11. The molecule has 0 unspecified atom stereocenters. The normalized spacial score (nSPS) is 13.6. The number of phenols is 1. The fourth-order valence-electron chi connectivity index (χ4n) is 4.70. The highest BCUT2D eigenvalue weighted by Crippen LogP contribution is 2.26. The fourth-order valence-corrected chi connectivity index (χ4v) is 4.70. The standard InChI is InChI=1S/C28H30F2N2O.C7H6O3/c29-26-12-8-24(9-13-26)28(25-10-14-27(30)15-11-25)33-22-21-32-19-17-31(18-20-32)16-4-7-23-5-2-1-3-6-23;8-6-4-2-1-3-5(6)7(9)10/h1-6,8-16,28H,7,17-22H2;1-4,8H,(H,9,10)/b16-4+;. The molecule has 1 saturated heterocycles. The van der Waals surface area contributed by atoms with E-state index in [0.29, 0.717) is 6.61 Å². The summed E-state index contributed by atoms with van der Waals surface area (Å²) in [6, 6.07) is 28.9. The molecule has 5 rings (SSSR count).